The number of hydrogen-bond donors (Lipinski definition) is 0. The molecule has 0 aromatic heterocycles. The van der Waals surface area contributed by atoms with Gasteiger partial charge in [0.15, 0.2) is 11.4 Å². The fraction of sp³-hybridized carbons (Fsp3) is 0.588. The van der Waals surface area contributed by atoms with Gasteiger partial charge in [0, 0.05) is 24.3 Å². The molecule has 1 radical (unpaired) electrons. The molecule has 3 nitrogen and oxygen atoms in total. The van der Waals surface area contributed by atoms with Gasteiger partial charge in [-0.1, -0.05) is 36.2 Å². The Morgan fingerprint density at radius 3 is 2.67 bits per heavy atom. The summed E-state index contributed by atoms with van der Waals surface area (Å²) < 4.78 is 12.3. The van der Waals surface area contributed by atoms with Crippen LogP contribution in [0.1, 0.15) is 44.6 Å². The van der Waals surface area contributed by atoms with Gasteiger partial charge >= 0.3 is 0 Å². The maximum atomic E-state index is 11.5. The summed E-state index contributed by atoms with van der Waals surface area (Å²) in [6.45, 7) is 1.77. The smallest absolute Gasteiger partial charge is 0.235 e. The van der Waals surface area contributed by atoms with Crippen molar-refractivity contribution >= 4 is 17.9 Å². The molecule has 1 aliphatic carbocycles. The summed E-state index contributed by atoms with van der Waals surface area (Å²) >= 11 is 6.22. The van der Waals surface area contributed by atoms with Gasteiger partial charge in [0.1, 0.15) is 6.10 Å². The number of ether oxygens (including phenoxy) is 2. The normalized spacial score (nSPS) is 31.4. The zero-order valence-electron chi connectivity index (χ0n) is 12.2. The van der Waals surface area contributed by atoms with Crippen molar-refractivity contribution in [2.45, 2.75) is 62.9 Å². The molecule has 1 aliphatic heterocycles. The van der Waals surface area contributed by atoms with Crippen LogP contribution in [-0.4, -0.2) is 23.8 Å². The summed E-state index contributed by atoms with van der Waals surface area (Å²) in [5, 5.41) is 0.693. The highest BCUT2D eigenvalue weighted by atomic mass is 35.5. The van der Waals surface area contributed by atoms with E-state index in [-0.39, 0.29) is 6.10 Å². The van der Waals surface area contributed by atoms with Gasteiger partial charge in [-0.05, 0) is 31.4 Å². The molecule has 21 heavy (non-hydrogen) atoms. The van der Waals surface area contributed by atoms with Crippen LogP contribution in [0.15, 0.2) is 24.3 Å². The lowest BCUT2D eigenvalue weighted by Gasteiger charge is -2.32. The Hall–Kier alpha value is -0.900. The Kier molecular flexibility index (Phi) is 4.08. The van der Waals surface area contributed by atoms with E-state index in [9.17, 15) is 4.79 Å². The number of hydrogen-bond acceptors (Lipinski definition) is 3. The molecule has 1 aromatic carbocycles. The van der Waals surface area contributed by atoms with Crippen LogP contribution >= 0.6 is 11.6 Å². The van der Waals surface area contributed by atoms with Gasteiger partial charge in [-0.15, -0.1) is 0 Å². The summed E-state index contributed by atoms with van der Waals surface area (Å²) in [5.74, 6) is -0.601. The zero-order valence-corrected chi connectivity index (χ0v) is 13.0. The molecular formula is C17H20ClO3. The van der Waals surface area contributed by atoms with Crippen LogP contribution < -0.4 is 0 Å². The van der Waals surface area contributed by atoms with E-state index in [2.05, 4.69) is 6.29 Å². The molecule has 2 fully saturated rings. The van der Waals surface area contributed by atoms with E-state index >= 15 is 0 Å². The molecule has 0 unspecified atom stereocenters. The van der Waals surface area contributed by atoms with Crippen molar-refractivity contribution in [2.75, 3.05) is 0 Å². The Bertz CT molecular complexity index is 525. The van der Waals surface area contributed by atoms with Crippen LogP contribution in [0, 0.1) is 0 Å². The molecule has 0 N–H and O–H groups in total. The lowest BCUT2D eigenvalue weighted by atomic mass is 9.94. The third-order valence-electron chi connectivity index (χ3n) is 4.55. The molecule has 1 aromatic rings. The van der Waals surface area contributed by atoms with Crippen LogP contribution in [0.4, 0.5) is 0 Å². The molecule has 0 amide bonds. The Labute approximate surface area is 130 Å². The highest BCUT2D eigenvalue weighted by Crippen LogP contribution is 2.45. The van der Waals surface area contributed by atoms with Gasteiger partial charge in [0.25, 0.3) is 0 Å². The minimum absolute atomic E-state index is 0.340. The summed E-state index contributed by atoms with van der Waals surface area (Å²) in [6, 6.07) is 7.65. The maximum Gasteiger partial charge on any atom is 0.235 e. The van der Waals surface area contributed by atoms with Crippen molar-refractivity contribution < 1.29 is 14.3 Å². The second-order valence-corrected chi connectivity index (χ2v) is 6.59. The third-order valence-corrected chi connectivity index (χ3v) is 4.92. The highest BCUT2D eigenvalue weighted by molar-refractivity contribution is 6.31. The molecule has 113 valence electrons. The summed E-state index contributed by atoms with van der Waals surface area (Å²) in [7, 11) is 0. The van der Waals surface area contributed by atoms with Crippen LogP contribution in [0.5, 0.6) is 0 Å². The fourth-order valence-corrected chi connectivity index (χ4v) is 3.56. The van der Waals surface area contributed by atoms with E-state index in [4.69, 9.17) is 21.1 Å². The predicted molar refractivity (Wildman–Crippen MR) is 81.0 cm³/mol. The van der Waals surface area contributed by atoms with Gasteiger partial charge in [-0.3, -0.25) is 4.79 Å². The average Bonchev–Trinajstić information content (AvgIpc) is 2.75. The molecule has 2 aliphatic rings. The van der Waals surface area contributed by atoms with Crippen LogP contribution in [-0.2, 0) is 20.7 Å². The Balaban J connectivity index is 1.83. The van der Waals surface area contributed by atoms with Crippen molar-refractivity contribution in [1.82, 2.24) is 0 Å². The van der Waals surface area contributed by atoms with Gasteiger partial charge in [-0.25, -0.2) is 0 Å². The van der Waals surface area contributed by atoms with Crippen LogP contribution in [0.2, 0.25) is 5.02 Å². The quantitative estimate of drug-likeness (QED) is 0.851. The van der Waals surface area contributed by atoms with E-state index in [0.29, 0.717) is 11.4 Å². The molecular weight excluding hydrogens is 288 g/mol. The molecule has 1 heterocycles. The zero-order chi connectivity index (χ0) is 14.9. The van der Waals surface area contributed by atoms with Gasteiger partial charge in [-0.2, -0.15) is 0 Å². The standard InChI is InChI=1S/C17H20ClO3/c1-16(12-19)15(11-13-7-3-4-8-14(13)18)20-17(21-16)9-5-2-6-10-17/h3-4,7-8,15H,2,5-6,9-11H2,1H3/t15-,16-/m0/s1. The van der Waals surface area contributed by atoms with Crippen LogP contribution in [0.3, 0.4) is 0 Å². The monoisotopic (exact) mass is 307 g/mol. The Morgan fingerprint density at radius 1 is 1.29 bits per heavy atom. The first-order valence-corrected chi connectivity index (χ1v) is 7.95. The minimum atomic E-state index is -1.02. The van der Waals surface area contributed by atoms with Crippen molar-refractivity contribution in [3.05, 3.63) is 34.9 Å². The SMILES string of the molecule is C[C@@]1([C]=O)OC2(CCCCC2)O[C@H]1Cc1ccccc1Cl. The Morgan fingerprint density at radius 2 is 2.00 bits per heavy atom. The van der Waals surface area contributed by atoms with Crippen molar-refractivity contribution in [3.8, 4) is 0 Å². The second-order valence-electron chi connectivity index (χ2n) is 6.18. The lowest BCUT2D eigenvalue weighted by molar-refractivity contribution is -0.198. The lowest BCUT2D eigenvalue weighted by Crippen LogP contribution is -2.40. The van der Waals surface area contributed by atoms with Gasteiger partial charge in [0.05, 0.1) is 0 Å². The van der Waals surface area contributed by atoms with E-state index < -0.39 is 11.4 Å². The fourth-order valence-electron chi connectivity index (χ4n) is 3.34. The minimum Gasteiger partial charge on any atom is -0.343 e. The highest BCUT2D eigenvalue weighted by Gasteiger charge is 2.55. The number of halogens is 1. The number of carbonyl (C=O) groups excluding carboxylic acids is 1. The number of benzene rings is 1. The number of rotatable bonds is 3. The molecule has 0 bridgehead atoms. The molecule has 2 atom stereocenters. The first kappa shape index (κ1) is 15.0. The van der Waals surface area contributed by atoms with Crippen molar-refractivity contribution in [2.24, 2.45) is 0 Å². The largest absolute Gasteiger partial charge is 0.343 e. The summed E-state index contributed by atoms with van der Waals surface area (Å²) in [6.07, 6.45) is 7.34. The first-order chi connectivity index (χ1) is 10.1. The molecule has 4 heteroatoms. The van der Waals surface area contributed by atoms with Crippen molar-refractivity contribution in [3.63, 3.8) is 0 Å². The van der Waals surface area contributed by atoms with Crippen molar-refractivity contribution in [1.29, 1.82) is 0 Å². The first-order valence-electron chi connectivity index (χ1n) is 7.58. The molecule has 1 saturated heterocycles. The predicted octanol–water partition coefficient (Wildman–Crippen LogP) is 3.83. The average molecular weight is 308 g/mol. The topological polar surface area (TPSA) is 35.5 Å². The molecule has 1 spiro atoms. The molecule has 1 saturated carbocycles. The van der Waals surface area contributed by atoms with E-state index in [1.54, 1.807) is 6.92 Å². The third kappa shape index (κ3) is 2.87. The van der Waals surface area contributed by atoms with Gasteiger partial charge in [0.2, 0.25) is 6.29 Å². The second kappa shape index (κ2) is 5.71. The van der Waals surface area contributed by atoms with E-state index in [1.165, 1.54) is 6.42 Å². The summed E-state index contributed by atoms with van der Waals surface area (Å²) in [4.78, 5) is 11.5. The molecule has 3 rings (SSSR count). The van der Waals surface area contributed by atoms with E-state index in [0.717, 1.165) is 31.2 Å². The van der Waals surface area contributed by atoms with E-state index in [1.807, 2.05) is 24.3 Å². The van der Waals surface area contributed by atoms with Gasteiger partial charge < -0.3 is 9.47 Å². The maximum absolute atomic E-state index is 11.5. The summed E-state index contributed by atoms with van der Waals surface area (Å²) in [5.41, 5.74) is -0.0432. The van der Waals surface area contributed by atoms with Crippen LogP contribution in [0.25, 0.3) is 0 Å².